The van der Waals surface area contributed by atoms with E-state index >= 15 is 0 Å². The first-order chi connectivity index (χ1) is 9.00. The fraction of sp³-hybridized carbons (Fsp3) is 0.846. The van der Waals surface area contributed by atoms with Crippen molar-refractivity contribution in [3.63, 3.8) is 0 Å². The first-order valence-electron chi connectivity index (χ1n) is 7.00. The van der Waals surface area contributed by atoms with Gasteiger partial charge in [-0.1, -0.05) is 19.3 Å². The van der Waals surface area contributed by atoms with Crippen molar-refractivity contribution in [3.05, 3.63) is 0 Å². The predicted molar refractivity (Wildman–Crippen MR) is 72.6 cm³/mol. The highest BCUT2D eigenvalue weighted by Gasteiger charge is 2.26. The van der Waals surface area contributed by atoms with E-state index < -0.39 is 6.04 Å². The minimum absolute atomic E-state index is 0.0692. The molecule has 3 atom stereocenters. The van der Waals surface area contributed by atoms with E-state index in [1.165, 1.54) is 0 Å². The summed E-state index contributed by atoms with van der Waals surface area (Å²) in [5.41, 5.74) is 5.38. The van der Waals surface area contributed by atoms with Gasteiger partial charge in [0.15, 0.2) is 0 Å². The number of urea groups is 1. The zero-order valence-electron chi connectivity index (χ0n) is 11.8. The summed E-state index contributed by atoms with van der Waals surface area (Å²) < 4.78 is 4.98. The van der Waals surface area contributed by atoms with Crippen molar-refractivity contribution >= 4 is 12.0 Å². The van der Waals surface area contributed by atoms with Crippen molar-refractivity contribution in [2.24, 2.45) is 5.73 Å². The number of amides is 2. The van der Waals surface area contributed by atoms with Crippen LogP contribution in [0.2, 0.25) is 0 Å². The maximum atomic E-state index is 11.1. The molecule has 110 valence electrons. The number of nitrogens with one attached hydrogen (secondary N) is 2. The number of ether oxygens (including phenoxy) is 1. The van der Waals surface area contributed by atoms with E-state index in [9.17, 15) is 9.59 Å². The quantitative estimate of drug-likeness (QED) is 0.451. The molecule has 1 unspecified atom stereocenters. The molecule has 0 aromatic carbocycles. The van der Waals surface area contributed by atoms with Crippen LogP contribution >= 0.6 is 0 Å². The average Bonchev–Trinajstić information content (AvgIpc) is 2.66. The fourth-order valence-electron chi connectivity index (χ4n) is 2.09. The highest BCUT2D eigenvalue weighted by molar-refractivity contribution is 5.77. The molecule has 0 aromatic rings. The summed E-state index contributed by atoms with van der Waals surface area (Å²) in [5, 5.41) is 5.73. The molecule has 2 amide bonds. The molecule has 4 N–H and O–H groups in total. The van der Waals surface area contributed by atoms with Gasteiger partial charge >= 0.3 is 12.0 Å². The van der Waals surface area contributed by atoms with Gasteiger partial charge < -0.3 is 21.1 Å². The van der Waals surface area contributed by atoms with Crippen molar-refractivity contribution in [2.75, 3.05) is 6.61 Å². The van der Waals surface area contributed by atoms with Crippen molar-refractivity contribution in [1.82, 2.24) is 10.6 Å². The van der Waals surface area contributed by atoms with Crippen LogP contribution in [0.1, 0.15) is 46.0 Å². The maximum Gasteiger partial charge on any atom is 0.322 e. The Bertz CT molecular complexity index is 308. The normalized spacial score (nSPS) is 23.6. The SMILES string of the molecule is CC(N)C(=O)OCCCCCC[C@H]1NC(=O)N[C@H]1C. The molecule has 0 spiro atoms. The predicted octanol–water partition coefficient (Wildman–Crippen LogP) is 0.897. The zero-order chi connectivity index (χ0) is 14.3. The van der Waals surface area contributed by atoms with Gasteiger partial charge in [-0.15, -0.1) is 0 Å². The zero-order valence-corrected chi connectivity index (χ0v) is 11.8. The third-order valence-electron chi connectivity index (χ3n) is 3.30. The van der Waals surface area contributed by atoms with Gasteiger partial charge in [-0.25, -0.2) is 4.79 Å². The summed E-state index contributed by atoms with van der Waals surface area (Å²) in [6, 6.07) is -0.164. The van der Waals surface area contributed by atoms with E-state index in [1.807, 2.05) is 6.92 Å². The van der Waals surface area contributed by atoms with Gasteiger partial charge in [-0.05, 0) is 26.7 Å². The van der Waals surface area contributed by atoms with Gasteiger partial charge in [-0.2, -0.15) is 0 Å². The summed E-state index contributed by atoms with van der Waals surface area (Å²) in [7, 11) is 0. The van der Waals surface area contributed by atoms with Crippen LogP contribution in [0.25, 0.3) is 0 Å². The third-order valence-corrected chi connectivity index (χ3v) is 3.30. The second-order valence-electron chi connectivity index (χ2n) is 5.17. The Morgan fingerprint density at radius 3 is 2.58 bits per heavy atom. The third kappa shape index (κ3) is 5.92. The molecule has 0 saturated carbocycles. The van der Waals surface area contributed by atoms with E-state index in [0.29, 0.717) is 6.61 Å². The molecule has 1 heterocycles. The van der Waals surface area contributed by atoms with E-state index in [-0.39, 0.29) is 24.1 Å². The Morgan fingerprint density at radius 2 is 2.00 bits per heavy atom. The Labute approximate surface area is 114 Å². The molecule has 0 aliphatic carbocycles. The van der Waals surface area contributed by atoms with Gasteiger partial charge in [-0.3, -0.25) is 4.79 Å². The molecule has 0 bridgehead atoms. The van der Waals surface area contributed by atoms with Crippen LogP contribution in [0.3, 0.4) is 0 Å². The summed E-state index contributed by atoms with van der Waals surface area (Å²) in [5.74, 6) is -0.339. The van der Waals surface area contributed by atoms with Crippen molar-refractivity contribution in [3.8, 4) is 0 Å². The van der Waals surface area contributed by atoms with Crippen LogP contribution in [0.15, 0.2) is 0 Å². The number of unbranched alkanes of at least 4 members (excludes halogenated alkanes) is 3. The van der Waals surface area contributed by atoms with E-state index in [2.05, 4.69) is 10.6 Å². The van der Waals surface area contributed by atoms with Gasteiger partial charge in [0.2, 0.25) is 0 Å². The number of carbonyl (C=O) groups excluding carboxylic acids is 2. The monoisotopic (exact) mass is 271 g/mol. The number of nitrogens with two attached hydrogens (primary N) is 1. The molecule has 1 saturated heterocycles. The summed E-state index contributed by atoms with van der Waals surface area (Å²) in [4.78, 5) is 22.2. The average molecular weight is 271 g/mol. The van der Waals surface area contributed by atoms with Crippen molar-refractivity contribution < 1.29 is 14.3 Å². The summed E-state index contributed by atoms with van der Waals surface area (Å²) >= 11 is 0. The highest BCUT2D eigenvalue weighted by Crippen LogP contribution is 2.11. The number of hydrogen-bond acceptors (Lipinski definition) is 4. The lowest BCUT2D eigenvalue weighted by molar-refractivity contribution is -0.144. The van der Waals surface area contributed by atoms with Gasteiger partial charge in [0.1, 0.15) is 6.04 Å². The minimum atomic E-state index is -0.542. The molecule has 19 heavy (non-hydrogen) atoms. The molecule has 1 fully saturated rings. The molecule has 0 radical (unpaired) electrons. The second kappa shape index (κ2) is 7.99. The van der Waals surface area contributed by atoms with E-state index in [0.717, 1.165) is 32.1 Å². The van der Waals surface area contributed by atoms with Crippen LogP contribution < -0.4 is 16.4 Å². The van der Waals surface area contributed by atoms with E-state index in [1.54, 1.807) is 6.92 Å². The van der Waals surface area contributed by atoms with Gasteiger partial charge in [0, 0.05) is 6.04 Å². The lowest BCUT2D eigenvalue weighted by atomic mass is 10.0. The molecule has 0 aromatic heterocycles. The summed E-state index contributed by atoms with van der Waals surface area (Å²) in [6.07, 6.45) is 5.02. The number of hydrogen-bond donors (Lipinski definition) is 3. The molecule has 1 aliphatic rings. The molecular formula is C13H25N3O3. The van der Waals surface area contributed by atoms with Crippen molar-refractivity contribution in [1.29, 1.82) is 0 Å². The smallest absolute Gasteiger partial charge is 0.322 e. The first kappa shape index (κ1) is 15.8. The number of carbonyl (C=O) groups is 2. The lowest BCUT2D eigenvalue weighted by Gasteiger charge is -2.13. The standard InChI is InChI=1S/C13H25N3O3/c1-9(14)12(17)19-8-6-4-3-5-7-11-10(2)15-13(18)16-11/h9-11H,3-8,14H2,1-2H3,(H2,15,16,18)/t9?,10-,11+/m0/s1. The summed E-state index contributed by atoms with van der Waals surface area (Å²) in [6.45, 7) is 4.07. The second-order valence-corrected chi connectivity index (χ2v) is 5.17. The largest absolute Gasteiger partial charge is 0.465 e. The van der Waals surface area contributed by atoms with Crippen LogP contribution in [0.5, 0.6) is 0 Å². The van der Waals surface area contributed by atoms with E-state index in [4.69, 9.17) is 10.5 Å². The highest BCUT2D eigenvalue weighted by atomic mass is 16.5. The Kier molecular flexibility index (Phi) is 6.62. The van der Waals surface area contributed by atoms with Crippen LogP contribution in [-0.2, 0) is 9.53 Å². The number of esters is 1. The van der Waals surface area contributed by atoms with Crippen LogP contribution in [-0.4, -0.2) is 36.7 Å². The molecule has 1 aliphatic heterocycles. The van der Waals surface area contributed by atoms with Gasteiger partial charge in [0.25, 0.3) is 0 Å². The van der Waals surface area contributed by atoms with Crippen molar-refractivity contribution in [2.45, 2.75) is 64.1 Å². The lowest BCUT2D eigenvalue weighted by Crippen LogP contribution is -2.30. The fourth-order valence-corrected chi connectivity index (χ4v) is 2.09. The Hall–Kier alpha value is -1.30. The Balaban J connectivity index is 1.94. The first-order valence-corrected chi connectivity index (χ1v) is 7.00. The van der Waals surface area contributed by atoms with Crippen LogP contribution in [0.4, 0.5) is 4.79 Å². The maximum absolute atomic E-state index is 11.1. The molecule has 1 rings (SSSR count). The minimum Gasteiger partial charge on any atom is -0.465 e. The molecule has 6 nitrogen and oxygen atoms in total. The Morgan fingerprint density at radius 1 is 1.32 bits per heavy atom. The van der Waals surface area contributed by atoms with Gasteiger partial charge in [0.05, 0.1) is 12.6 Å². The molecular weight excluding hydrogens is 246 g/mol. The number of rotatable bonds is 8. The topological polar surface area (TPSA) is 93.5 Å². The van der Waals surface area contributed by atoms with Crippen LogP contribution in [0, 0.1) is 0 Å². The molecule has 6 heteroatoms.